The molecule has 1 saturated carbocycles. The molecule has 110 valence electrons. The Morgan fingerprint density at radius 2 is 2.05 bits per heavy atom. The van der Waals surface area contributed by atoms with Gasteiger partial charge in [-0.15, -0.1) is 0 Å². The zero-order valence-corrected chi connectivity index (χ0v) is 14.6. The van der Waals surface area contributed by atoms with E-state index >= 15 is 0 Å². The summed E-state index contributed by atoms with van der Waals surface area (Å²) in [5.41, 5.74) is 3.15. The van der Waals surface area contributed by atoms with E-state index in [1.54, 1.807) is 18.3 Å². The SMILES string of the molecule is CO/C=C1/CCCCC1CC/C=C(/C)C[Si](C)(C)C. The van der Waals surface area contributed by atoms with E-state index in [0.717, 1.165) is 5.92 Å². The van der Waals surface area contributed by atoms with Crippen LogP contribution in [-0.2, 0) is 4.74 Å². The van der Waals surface area contributed by atoms with Gasteiger partial charge in [0, 0.05) is 8.07 Å². The second-order valence-electron chi connectivity index (χ2n) is 7.24. The van der Waals surface area contributed by atoms with Gasteiger partial charge in [0.15, 0.2) is 0 Å². The molecular weight excluding hydrogens is 248 g/mol. The summed E-state index contributed by atoms with van der Waals surface area (Å²) < 4.78 is 5.23. The van der Waals surface area contributed by atoms with Gasteiger partial charge >= 0.3 is 0 Å². The molecule has 0 radical (unpaired) electrons. The van der Waals surface area contributed by atoms with Gasteiger partial charge in [-0.2, -0.15) is 0 Å². The monoisotopic (exact) mass is 280 g/mol. The quantitative estimate of drug-likeness (QED) is 0.341. The lowest BCUT2D eigenvalue weighted by Crippen LogP contribution is -2.19. The van der Waals surface area contributed by atoms with Crippen LogP contribution in [0.2, 0.25) is 25.7 Å². The van der Waals surface area contributed by atoms with Gasteiger partial charge in [-0.05, 0) is 56.6 Å². The number of rotatable bonds is 6. The molecule has 0 bridgehead atoms. The van der Waals surface area contributed by atoms with Crippen molar-refractivity contribution in [2.45, 2.75) is 71.1 Å². The maximum absolute atomic E-state index is 5.23. The van der Waals surface area contributed by atoms with E-state index < -0.39 is 8.07 Å². The number of ether oxygens (including phenoxy) is 1. The molecule has 1 atom stereocenters. The molecule has 0 aromatic carbocycles. The Balaban J connectivity index is 2.42. The lowest BCUT2D eigenvalue weighted by Gasteiger charge is -2.24. The van der Waals surface area contributed by atoms with Gasteiger partial charge < -0.3 is 4.74 Å². The van der Waals surface area contributed by atoms with Crippen LogP contribution in [0, 0.1) is 5.92 Å². The zero-order valence-electron chi connectivity index (χ0n) is 13.6. The first-order valence-electron chi connectivity index (χ1n) is 7.80. The maximum Gasteiger partial charge on any atom is 0.0819 e. The summed E-state index contributed by atoms with van der Waals surface area (Å²) in [5.74, 6) is 0.768. The molecule has 0 spiro atoms. The van der Waals surface area contributed by atoms with Gasteiger partial charge in [0.1, 0.15) is 0 Å². The third-order valence-electron chi connectivity index (χ3n) is 3.88. The molecule has 0 aromatic rings. The third-order valence-corrected chi connectivity index (χ3v) is 5.50. The van der Waals surface area contributed by atoms with E-state index in [2.05, 4.69) is 32.6 Å². The smallest absolute Gasteiger partial charge is 0.0819 e. The van der Waals surface area contributed by atoms with Crippen molar-refractivity contribution in [2.24, 2.45) is 5.92 Å². The van der Waals surface area contributed by atoms with Crippen LogP contribution >= 0.6 is 0 Å². The highest BCUT2D eigenvalue weighted by atomic mass is 28.3. The summed E-state index contributed by atoms with van der Waals surface area (Å²) in [6.07, 6.45) is 12.4. The van der Waals surface area contributed by atoms with E-state index in [1.165, 1.54) is 44.6 Å². The fourth-order valence-corrected chi connectivity index (χ4v) is 5.00. The Morgan fingerprint density at radius 1 is 1.32 bits per heavy atom. The van der Waals surface area contributed by atoms with Crippen molar-refractivity contribution in [3.63, 3.8) is 0 Å². The Hall–Kier alpha value is -0.503. The van der Waals surface area contributed by atoms with Gasteiger partial charge in [0.05, 0.1) is 13.4 Å². The highest BCUT2D eigenvalue weighted by Crippen LogP contribution is 2.33. The first-order valence-corrected chi connectivity index (χ1v) is 11.5. The first-order chi connectivity index (χ1) is 8.92. The van der Waals surface area contributed by atoms with Crippen molar-refractivity contribution in [3.8, 4) is 0 Å². The number of hydrogen-bond donors (Lipinski definition) is 0. The molecule has 2 heteroatoms. The minimum Gasteiger partial charge on any atom is -0.504 e. The van der Waals surface area contributed by atoms with Crippen LogP contribution < -0.4 is 0 Å². The molecule has 0 heterocycles. The van der Waals surface area contributed by atoms with Crippen LogP contribution in [-0.4, -0.2) is 15.2 Å². The Bertz CT molecular complexity index is 323. The standard InChI is InChI=1S/C17H32OSi/c1-15(14-19(3,4)5)9-8-12-16-10-6-7-11-17(16)13-18-2/h9,13,16H,6-8,10-12,14H2,1-5H3/b15-9-,17-13-. The van der Waals surface area contributed by atoms with Crippen LogP contribution in [0.3, 0.4) is 0 Å². The van der Waals surface area contributed by atoms with Gasteiger partial charge in [-0.25, -0.2) is 0 Å². The fourth-order valence-electron chi connectivity index (χ4n) is 3.19. The van der Waals surface area contributed by atoms with Crippen LogP contribution in [0.4, 0.5) is 0 Å². The van der Waals surface area contributed by atoms with E-state index in [1.807, 2.05) is 6.26 Å². The van der Waals surface area contributed by atoms with Gasteiger partial charge in [-0.1, -0.05) is 37.7 Å². The zero-order chi connectivity index (χ0) is 14.3. The molecule has 0 aliphatic heterocycles. The largest absolute Gasteiger partial charge is 0.504 e. The topological polar surface area (TPSA) is 9.23 Å². The van der Waals surface area contributed by atoms with Crippen molar-refractivity contribution >= 4 is 8.07 Å². The molecule has 1 nitrogen and oxygen atoms in total. The van der Waals surface area contributed by atoms with Gasteiger partial charge in [0.2, 0.25) is 0 Å². The predicted molar refractivity (Wildman–Crippen MR) is 88.2 cm³/mol. The summed E-state index contributed by atoms with van der Waals surface area (Å²) in [4.78, 5) is 0. The van der Waals surface area contributed by atoms with Crippen molar-refractivity contribution in [3.05, 3.63) is 23.5 Å². The minimum atomic E-state index is -0.936. The van der Waals surface area contributed by atoms with E-state index in [4.69, 9.17) is 4.74 Å². The van der Waals surface area contributed by atoms with Crippen LogP contribution in [0.5, 0.6) is 0 Å². The number of methoxy groups -OCH3 is 1. The fraction of sp³-hybridized carbons (Fsp3) is 0.765. The van der Waals surface area contributed by atoms with E-state index in [0.29, 0.717) is 0 Å². The molecule has 1 fully saturated rings. The molecule has 1 aliphatic carbocycles. The second-order valence-corrected chi connectivity index (χ2v) is 12.7. The molecule has 0 aromatic heterocycles. The highest BCUT2D eigenvalue weighted by molar-refractivity contribution is 6.76. The Kier molecular flexibility index (Phi) is 6.91. The molecular formula is C17H32OSi. The summed E-state index contributed by atoms with van der Waals surface area (Å²) in [7, 11) is 0.839. The van der Waals surface area contributed by atoms with Crippen molar-refractivity contribution in [1.82, 2.24) is 0 Å². The molecule has 19 heavy (non-hydrogen) atoms. The average molecular weight is 281 g/mol. The lowest BCUT2D eigenvalue weighted by molar-refractivity contribution is 0.315. The van der Waals surface area contributed by atoms with Crippen LogP contribution in [0.25, 0.3) is 0 Å². The second kappa shape index (κ2) is 7.93. The van der Waals surface area contributed by atoms with Crippen LogP contribution in [0.15, 0.2) is 23.5 Å². The third kappa shape index (κ3) is 7.00. The molecule has 1 unspecified atom stereocenters. The Labute approximate surface area is 121 Å². The van der Waals surface area contributed by atoms with E-state index in [9.17, 15) is 0 Å². The number of allylic oxidation sites excluding steroid dienone is 3. The summed E-state index contributed by atoms with van der Waals surface area (Å²) in [6, 6.07) is 1.35. The highest BCUT2D eigenvalue weighted by Gasteiger charge is 2.18. The molecule has 0 saturated heterocycles. The molecule has 1 rings (SSSR count). The molecule has 0 N–H and O–H groups in total. The summed E-state index contributed by atoms with van der Waals surface area (Å²) in [6.45, 7) is 9.66. The lowest BCUT2D eigenvalue weighted by atomic mass is 9.82. The van der Waals surface area contributed by atoms with Crippen molar-refractivity contribution in [1.29, 1.82) is 0 Å². The minimum absolute atomic E-state index is 0.768. The van der Waals surface area contributed by atoms with E-state index in [-0.39, 0.29) is 0 Å². The molecule has 1 aliphatic rings. The van der Waals surface area contributed by atoms with Crippen molar-refractivity contribution < 1.29 is 4.74 Å². The maximum atomic E-state index is 5.23. The Morgan fingerprint density at radius 3 is 2.68 bits per heavy atom. The first kappa shape index (κ1) is 16.6. The average Bonchev–Trinajstić information content (AvgIpc) is 2.29. The summed E-state index contributed by atoms with van der Waals surface area (Å²) in [5, 5.41) is 0. The normalized spacial score (nSPS) is 23.7. The van der Waals surface area contributed by atoms with Gasteiger partial charge in [0.25, 0.3) is 0 Å². The summed E-state index contributed by atoms with van der Waals surface area (Å²) >= 11 is 0. The predicted octanol–water partition coefficient (Wildman–Crippen LogP) is 5.77. The molecule has 0 amide bonds. The van der Waals surface area contributed by atoms with Gasteiger partial charge in [-0.3, -0.25) is 0 Å². The van der Waals surface area contributed by atoms with Crippen molar-refractivity contribution in [2.75, 3.05) is 7.11 Å². The van der Waals surface area contributed by atoms with Crippen LogP contribution in [0.1, 0.15) is 45.4 Å². The number of hydrogen-bond acceptors (Lipinski definition) is 1.